The molecule has 0 spiro atoms. The fourth-order valence-corrected chi connectivity index (χ4v) is 3.89. The normalized spacial score (nSPS) is 17.1. The van der Waals surface area contributed by atoms with Crippen LogP contribution in [0.1, 0.15) is 33.6 Å². The first kappa shape index (κ1) is 18.5. The van der Waals surface area contributed by atoms with Crippen molar-refractivity contribution in [2.45, 2.75) is 12.8 Å². The molecule has 2 heterocycles. The number of nitrogens with zero attached hydrogens (tertiary/aromatic N) is 3. The highest BCUT2D eigenvalue weighted by Gasteiger charge is 2.26. The van der Waals surface area contributed by atoms with E-state index in [0.717, 1.165) is 18.8 Å². The first-order valence-corrected chi connectivity index (χ1v) is 9.81. The zero-order valence-electron chi connectivity index (χ0n) is 15.8. The average Bonchev–Trinajstić information content (AvgIpc) is 3.28. The molecule has 2 saturated heterocycles. The van der Waals surface area contributed by atoms with Gasteiger partial charge >= 0.3 is 0 Å². The molecule has 0 radical (unpaired) electrons. The van der Waals surface area contributed by atoms with Crippen LogP contribution in [0.2, 0.25) is 0 Å². The Labute approximate surface area is 164 Å². The Kier molecular flexibility index (Phi) is 5.28. The van der Waals surface area contributed by atoms with Gasteiger partial charge in [0.1, 0.15) is 5.82 Å². The molecular formula is C22H24FN3O2. The summed E-state index contributed by atoms with van der Waals surface area (Å²) < 4.78 is 13.9. The molecule has 0 bridgehead atoms. The lowest BCUT2D eigenvalue weighted by atomic mass is 10.1. The summed E-state index contributed by atoms with van der Waals surface area (Å²) in [6.45, 7) is 3.87. The van der Waals surface area contributed by atoms with Gasteiger partial charge in [0.15, 0.2) is 0 Å². The van der Waals surface area contributed by atoms with Crippen molar-refractivity contribution in [2.75, 3.05) is 44.2 Å². The molecule has 0 aromatic heterocycles. The molecule has 0 atom stereocenters. The minimum Gasteiger partial charge on any atom is -0.372 e. The average molecular weight is 381 g/mol. The zero-order chi connectivity index (χ0) is 19.5. The molecule has 5 nitrogen and oxygen atoms in total. The monoisotopic (exact) mass is 381 g/mol. The van der Waals surface area contributed by atoms with Gasteiger partial charge in [-0.25, -0.2) is 4.39 Å². The van der Waals surface area contributed by atoms with Crippen molar-refractivity contribution in [3.05, 3.63) is 65.5 Å². The van der Waals surface area contributed by atoms with Gasteiger partial charge in [-0.3, -0.25) is 9.59 Å². The van der Waals surface area contributed by atoms with Crippen LogP contribution >= 0.6 is 0 Å². The van der Waals surface area contributed by atoms with Gasteiger partial charge in [0.25, 0.3) is 11.8 Å². The zero-order valence-corrected chi connectivity index (χ0v) is 15.8. The molecular weight excluding hydrogens is 357 g/mol. The Bertz CT molecular complexity index is 854. The summed E-state index contributed by atoms with van der Waals surface area (Å²) in [6.07, 6.45) is 2.44. The van der Waals surface area contributed by atoms with Crippen molar-refractivity contribution in [1.29, 1.82) is 0 Å². The fourth-order valence-electron chi connectivity index (χ4n) is 3.89. The lowest BCUT2D eigenvalue weighted by Crippen LogP contribution is -2.50. The molecule has 2 aliphatic heterocycles. The third-order valence-electron chi connectivity index (χ3n) is 5.54. The Hall–Kier alpha value is -2.89. The van der Waals surface area contributed by atoms with Crippen LogP contribution in [0.25, 0.3) is 0 Å². The highest BCUT2D eigenvalue weighted by molar-refractivity contribution is 5.96. The van der Waals surface area contributed by atoms with Crippen molar-refractivity contribution in [3.8, 4) is 0 Å². The predicted molar refractivity (Wildman–Crippen MR) is 106 cm³/mol. The minimum atomic E-state index is -0.510. The SMILES string of the molecule is O=C(c1ccc(N2CCCC2)cc1)N1CCN(C(=O)c2ccccc2F)CC1. The van der Waals surface area contributed by atoms with Gasteiger partial charge in [0.2, 0.25) is 0 Å². The van der Waals surface area contributed by atoms with Gasteiger partial charge in [-0.1, -0.05) is 12.1 Å². The van der Waals surface area contributed by atoms with Gasteiger partial charge < -0.3 is 14.7 Å². The molecule has 2 aliphatic rings. The number of benzene rings is 2. The number of amides is 2. The van der Waals surface area contributed by atoms with E-state index in [4.69, 9.17) is 0 Å². The van der Waals surface area contributed by atoms with Crippen LogP contribution in [-0.2, 0) is 0 Å². The summed E-state index contributed by atoms with van der Waals surface area (Å²) in [5.74, 6) is -0.852. The maximum absolute atomic E-state index is 13.9. The van der Waals surface area contributed by atoms with Crippen LogP contribution in [0, 0.1) is 5.82 Å². The van der Waals surface area contributed by atoms with E-state index in [0.29, 0.717) is 31.7 Å². The Morgan fingerprint density at radius 1 is 0.714 bits per heavy atom. The lowest BCUT2D eigenvalue weighted by molar-refractivity contribution is 0.0533. The van der Waals surface area contributed by atoms with Crippen LogP contribution in [-0.4, -0.2) is 60.9 Å². The maximum atomic E-state index is 13.9. The molecule has 6 heteroatoms. The van der Waals surface area contributed by atoms with Crippen LogP contribution < -0.4 is 4.90 Å². The second kappa shape index (κ2) is 8.00. The van der Waals surface area contributed by atoms with Crippen LogP contribution in [0.3, 0.4) is 0 Å². The molecule has 28 heavy (non-hydrogen) atoms. The number of anilines is 1. The minimum absolute atomic E-state index is 0.0223. The third kappa shape index (κ3) is 3.72. The van der Waals surface area contributed by atoms with E-state index >= 15 is 0 Å². The fraction of sp³-hybridized carbons (Fsp3) is 0.364. The highest BCUT2D eigenvalue weighted by Crippen LogP contribution is 2.21. The predicted octanol–water partition coefficient (Wildman–Crippen LogP) is 3.02. The molecule has 4 rings (SSSR count). The standard InChI is InChI=1S/C22H24FN3O2/c23-20-6-2-1-5-19(20)22(28)26-15-13-25(14-16-26)21(27)17-7-9-18(10-8-17)24-11-3-4-12-24/h1-2,5-10H,3-4,11-16H2. The second-order valence-electron chi connectivity index (χ2n) is 7.31. The number of rotatable bonds is 3. The van der Waals surface area contributed by atoms with E-state index in [2.05, 4.69) is 4.90 Å². The molecule has 0 aliphatic carbocycles. The van der Waals surface area contributed by atoms with E-state index in [-0.39, 0.29) is 17.4 Å². The van der Waals surface area contributed by atoms with E-state index < -0.39 is 5.82 Å². The molecule has 2 aromatic rings. The summed E-state index contributed by atoms with van der Waals surface area (Å²) in [6, 6.07) is 13.8. The smallest absolute Gasteiger partial charge is 0.256 e. The highest BCUT2D eigenvalue weighted by atomic mass is 19.1. The molecule has 2 aromatic carbocycles. The Balaban J connectivity index is 1.36. The molecule has 2 fully saturated rings. The van der Waals surface area contributed by atoms with E-state index in [1.54, 1.807) is 21.9 Å². The van der Waals surface area contributed by atoms with Gasteiger partial charge in [-0.15, -0.1) is 0 Å². The van der Waals surface area contributed by atoms with Crippen LogP contribution in [0.15, 0.2) is 48.5 Å². The van der Waals surface area contributed by atoms with E-state index in [9.17, 15) is 14.0 Å². The number of carbonyl (C=O) groups is 2. The second-order valence-corrected chi connectivity index (χ2v) is 7.31. The molecule has 0 N–H and O–H groups in total. The van der Waals surface area contributed by atoms with Gasteiger partial charge in [-0.2, -0.15) is 0 Å². The molecule has 146 valence electrons. The Morgan fingerprint density at radius 2 is 1.29 bits per heavy atom. The summed E-state index contributed by atoms with van der Waals surface area (Å²) >= 11 is 0. The third-order valence-corrected chi connectivity index (χ3v) is 5.54. The van der Waals surface area contributed by atoms with Gasteiger partial charge in [0.05, 0.1) is 5.56 Å². The first-order chi connectivity index (χ1) is 13.6. The van der Waals surface area contributed by atoms with Crippen molar-refractivity contribution >= 4 is 17.5 Å². The quantitative estimate of drug-likeness (QED) is 0.821. The van der Waals surface area contributed by atoms with Crippen LogP contribution in [0.4, 0.5) is 10.1 Å². The van der Waals surface area contributed by atoms with E-state index in [1.165, 1.54) is 25.0 Å². The molecule has 0 unspecified atom stereocenters. The number of carbonyl (C=O) groups excluding carboxylic acids is 2. The van der Waals surface area contributed by atoms with Gasteiger partial charge in [0, 0.05) is 50.5 Å². The number of hydrogen-bond donors (Lipinski definition) is 0. The van der Waals surface area contributed by atoms with Crippen molar-refractivity contribution in [2.24, 2.45) is 0 Å². The van der Waals surface area contributed by atoms with E-state index in [1.807, 2.05) is 24.3 Å². The largest absolute Gasteiger partial charge is 0.372 e. The van der Waals surface area contributed by atoms with Gasteiger partial charge in [-0.05, 0) is 49.2 Å². The summed E-state index contributed by atoms with van der Waals surface area (Å²) in [5, 5.41) is 0. The van der Waals surface area contributed by atoms with Crippen molar-refractivity contribution in [1.82, 2.24) is 9.80 Å². The lowest BCUT2D eigenvalue weighted by Gasteiger charge is -2.35. The number of hydrogen-bond acceptors (Lipinski definition) is 3. The van der Waals surface area contributed by atoms with Crippen molar-refractivity contribution < 1.29 is 14.0 Å². The van der Waals surface area contributed by atoms with Crippen molar-refractivity contribution in [3.63, 3.8) is 0 Å². The number of halogens is 1. The molecule has 2 amide bonds. The Morgan fingerprint density at radius 3 is 1.89 bits per heavy atom. The van der Waals surface area contributed by atoms with Crippen LogP contribution in [0.5, 0.6) is 0 Å². The summed E-state index contributed by atoms with van der Waals surface area (Å²) in [4.78, 5) is 31.0. The topological polar surface area (TPSA) is 43.9 Å². The summed E-state index contributed by atoms with van der Waals surface area (Å²) in [5.41, 5.74) is 1.91. The first-order valence-electron chi connectivity index (χ1n) is 9.81. The maximum Gasteiger partial charge on any atom is 0.256 e. The molecule has 0 saturated carbocycles. The summed E-state index contributed by atoms with van der Waals surface area (Å²) in [7, 11) is 0. The number of piperazine rings is 1.